The Bertz CT molecular complexity index is 2340. The summed E-state index contributed by atoms with van der Waals surface area (Å²) in [5.41, 5.74) is 3.75. The van der Waals surface area contributed by atoms with Crippen LogP contribution in [0.5, 0.6) is 0 Å². The Morgan fingerprint density at radius 2 is 1.37 bits per heavy atom. The Labute approximate surface area is 243 Å². The zero-order chi connectivity index (χ0) is 26.2. The van der Waals surface area contributed by atoms with Crippen LogP contribution in [0.4, 0.5) is 17.5 Å². The largest absolute Gasteiger partial charge is 2.00 e. The van der Waals surface area contributed by atoms with Crippen molar-refractivity contribution in [2.24, 2.45) is 25.9 Å². The molecule has 0 saturated heterocycles. The fourth-order valence-electron chi connectivity index (χ4n) is 5.73. The SMILES string of the molecule is C1=CCc2c3[n-]c(c2=C1)=Nc1[n-]c(c2ccccc12)N=C1[N-]C(=C2C=CC=CC12)N=c1[n-]c(c2ccccc12)=N3.[Co+2]. The van der Waals surface area contributed by atoms with Crippen LogP contribution in [0.15, 0.2) is 116 Å². The molecule has 9 rings (SSSR count). The Kier molecular flexibility index (Phi) is 5.25. The average molecular weight is 573 g/mol. The van der Waals surface area contributed by atoms with E-state index in [4.69, 9.17) is 40.2 Å². The van der Waals surface area contributed by atoms with Gasteiger partial charge in [-0.05, 0) is 50.2 Å². The van der Waals surface area contributed by atoms with E-state index in [-0.39, 0.29) is 22.7 Å². The number of hydrogen-bond donors (Lipinski definition) is 0. The van der Waals surface area contributed by atoms with E-state index in [9.17, 15) is 0 Å². The number of allylic oxidation sites excluding steroid dienone is 5. The third kappa shape index (κ3) is 3.59. The maximum Gasteiger partial charge on any atom is 2.00 e. The first-order valence-corrected chi connectivity index (χ1v) is 13.1. The van der Waals surface area contributed by atoms with Crippen molar-refractivity contribution in [1.82, 2.24) is 15.0 Å². The molecule has 3 aromatic heterocycles. The molecule has 0 spiro atoms. The van der Waals surface area contributed by atoms with Crippen molar-refractivity contribution >= 4 is 50.9 Å². The summed E-state index contributed by atoms with van der Waals surface area (Å²) in [6.45, 7) is 0. The monoisotopic (exact) mass is 573 g/mol. The van der Waals surface area contributed by atoms with Crippen molar-refractivity contribution in [3.63, 3.8) is 0 Å². The van der Waals surface area contributed by atoms with Gasteiger partial charge in [-0.2, -0.15) is 0 Å². The number of aromatic nitrogens is 3. The van der Waals surface area contributed by atoms with Crippen LogP contribution < -0.4 is 36.6 Å². The Morgan fingerprint density at radius 1 is 0.659 bits per heavy atom. The van der Waals surface area contributed by atoms with Crippen LogP contribution >= 0.6 is 0 Å². The molecule has 0 fully saturated rings. The third-order valence-corrected chi connectivity index (χ3v) is 7.65. The van der Waals surface area contributed by atoms with Crippen molar-refractivity contribution in [3.8, 4) is 0 Å². The maximum atomic E-state index is 4.99. The number of nitrogens with zero attached hydrogens (tertiary/aromatic N) is 8. The number of rotatable bonds is 0. The van der Waals surface area contributed by atoms with Gasteiger partial charge in [-0.3, -0.25) is 0 Å². The summed E-state index contributed by atoms with van der Waals surface area (Å²) in [6, 6.07) is 16.0. The quantitative estimate of drug-likeness (QED) is 0.282. The molecular weight excluding hydrogens is 555 g/mol. The second kappa shape index (κ2) is 9.02. The summed E-state index contributed by atoms with van der Waals surface area (Å²) < 4.78 is 0. The molecule has 8 bridgehead atoms. The van der Waals surface area contributed by atoms with E-state index in [2.05, 4.69) is 12.2 Å². The summed E-state index contributed by atoms with van der Waals surface area (Å²) >= 11 is 0. The van der Waals surface area contributed by atoms with Crippen molar-refractivity contribution in [1.29, 1.82) is 0 Å². The van der Waals surface area contributed by atoms with Crippen molar-refractivity contribution < 1.29 is 16.8 Å². The number of aliphatic imine (C=N–C) groups is 1. The molecule has 1 radical (unpaired) electrons. The first-order valence-electron chi connectivity index (χ1n) is 13.1. The van der Waals surface area contributed by atoms with E-state index in [1.54, 1.807) is 0 Å². The maximum absolute atomic E-state index is 4.99. The van der Waals surface area contributed by atoms with Gasteiger partial charge in [0.15, 0.2) is 0 Å². The molecule has 5 aromatic rings. The molecule has 41 heavy (non-hydrogen) atoms. The second-order valence-corrected chi connectivity index (χ2v) is 9.98. The normalized spacial score (nSPS) is 18.0. The molecule has 1 unspecified atom stereocenters. The van der Waals surface area contributed by atoms with E-state index in [0.29, 0.717) is 52.0 Å². The zero-order valence-corrected chi connectivity index (χ0v) is 22.4. The Balaban J connectivity index is 0.00000256. The van der Waals surface area contributed by atoms with Crippen molar-refractivity contribution in [2.75, 3.05) is 0 Å². The van der Waals surface area contributed by atoms with E-state index in [1.165, 1.54) is 0 Å². The first kappa shape index (κ1) is 23.9. The first-order chi connectivity index (χ1) is 19.8. The topological polar surface area (TPSA) is 106 Å². The smallest absolute Gasteiger partial charge is 0.362 e. The molecule has 9 heteroatoms. The number of benzene rings is 2. The van der Waals surface area contributed by atoms with E-state index >= 15 is 0 Å². The summed E-state index contributed by atoms with van der Waals surface area (Å²) in [4.78, 5) is 34.6. The molecule has 2 aliphatic carbocycles. The van der Waals surface area contributed by atoms with Gasteiger partial charge < -0.3 is 40.2 Å². The predicted molar refractivity (Wildman–Crippen MR) is 153 cm³/mol. The summed E-state index contributed by atoms with van der Waals surface area (Å²) in [6.07, 6.45) is 15.0. The molecule has 0 amide bonds. The third-order valence-electron chi connectivity index (χ3n) is 7.65. The van der Waals surface area contributed by atoms with Crippen LogP contribution in [0.1, 0.15) is 5.56 Å². The van der Waals surface area contributed by atoms with Crippen LogP contribution in [-0.4, -0.2) is 5.84 Å². The molecule has 5 heterocycles. The fourth-order valence-corrected chi connectivity index (χ4v) is 5.73. The molecule has 8 nitrogen and oxygen atoms in total. The molecular formula is C32H18CoN8-2. The van der Waals surface area contributed by atoms with Gasteiger partial charge in [0, 0.05) is 45.7 Å². The van der Waals surface area contributed by atoms with Gasteiger partial charge in [-0.25, -0.2) is 0 Å². The van der Waals surface area contributed by atoms with Crippen molar-refractivity contribution in [2.45, 2.75) is 6.42 Å². The average Bonchev–Trinajstić information content (AvgIpc) is 3.73. The van der Waals surface area contributed by atoms with Crippen LogP contribution in [0.3, 0.4) is 0 Å². The van der Waals surface area contributed by atoms with Gasteiger partial charge in [0.1, 0.15) is 0 Å². The van der Waals surface area contributed by atoms with E-state index < -0.39 is 0 Å². The van der Waals surface area contributed by atoms with Gasteiger partial charge in [-0.15, -0.1) is 0 Å². The minimum atomic E-state index is -0.118. The van der Waals surface area contributed by atoms with Gasteiger partial charge >= 0.3 is 16.8 Å². The minimum absolute atomic E-state index is 0. The number of hydrogen-bond acceptors (Lipinski definition) is 4. The van der Waals surface area contributed by atoms with E-state index in [1.807, 2.05) is 78.9 Å². The molecule has 0 N–H and O–H groups in total. The fraction of sp³-hybridized carbons (Fsp3) is 0.0625. The molecule has 1 atom stereocenters. The van der Waals surface area contributed by atoms with Crippen LogP contribution in [-0.2, 0) is 23.2 Å². The van der Waals surface area contributed by atoms with Crippen LogP contribution in [0, 0.1) is 5.92 Å². The number of amidine groups is 1. The zero-order valence-electron chi connectivity index (χ0n) is 21.4. The molecule has 197 valence electrons. The molecule has 2 aliphatic heterocycles. The van der Waals surface area contributed by atoms with Gasteiger partial charge in [0.25, 0.3) is 0 Å². The van der Waals surface area contributed by atoms with Crippen LogP contribution in [0.25, 0.3) is 32.9 Å². The minimum Gasteiger partial charge on any atom is -0.362 e. The molecule has 0 saturated carbocycles. The van der Waals surface area contributed by atoms with E-state index in [0.717, 1.165) is 37.9 Å². The van der Waals surface area contributed by atoms with Gasteiger partial charge in [0.2, 0.25) is 0 Å². The summed E-state index contributed by atoms with van der Waals surface area (Å²) in [7, 11) is 0. The number of fused-ring (bicyclic) bond motifs is 19. The summed E-state index contributed by atoms with van der Waals surface area (Å²) in [5.74, 6) is 2.89. The molecule has 4 aliphatic rings. The Hall–Kier alpha value is -4.99. The van der Waals surface area contributed by atoms with Crippen LogP contribution in [0.2, 0.25) is 0 Å². The standard InChI is InChI=1S/C32H18N8.Co/c1-2-10-18-17(9-1)25-33-26(18)38-28-21-13-5-6-14-22(21)30(35-28)40-32-24-16-8-7-15-23(24)31(36-32)39-29-20-12-4-3-11-19(20)27(34-29)37-25;/h1-15,17H,16H2;/q-4;+2. The second-order valence-electron chi connectivity index (χ2n) is 9.98. The van der Waals surface area contributed by atoms with Gasteiger partial charge in [-0.1, -0.05) is 91.1 Å². The Morgan fingerprint density at radius 3 is 2.17 bits per heavy atom. The van der Waals surface area contributed by atoms with Crippen molar-refractivity contribution in [3.05, 3.63) is 129 Å². The summed E-state index contributed by atoms with van der Waals surface area (Å²) in [5, 5.41) is 9.52. The predicted octanol–water partition coefficient (Wildman–Crippen LogP) is 3.66. The van der Waals surface area contributed by atoms with Gasteiger partial charge in [0.05, 0.1) is 0 Å². The molecule has 2 aromatic carbocycles.